The van der Waals surface area contributed by atoms with Gasteiger partial charge in [0.25, 0.3) is 0 Å². The quantitative estimate of drug-likeness (QED) is 0.476. The second-order valence-electron chi connectivity index (χ2n) is 3.35. The Kier molecular flexibility index (Phi) is 3.69. The molecule has 1 fully saturated rings. The van der Waals surface area contributed by atoms with Gasteiger partial charge in [-0.1, -0.05) is 20.3 Å². The van der Waals surface area contributed by atoms with Gasteiger partial charge in [0.2, 0.25) is 0 Å². The second kappa shape index (κ2) is 4.12. The number of hydrogen-bond acceptors (Lipinski definition) is 1. The van der Waals surface area contributed by atoms with Crippen molar-refractivity contribution in [2.75, 3.05) is 0 Å². The molecule has 0 unspecified atom stereocenters. The Morgan fingerprint density at radius 3 is 1.91 bits per heavy atom. The van der Waals surface area contributed by atoms with Gasteiger partial charge in [0.1, 0.15) is 0 Å². The molecule has 0 spiro atoms. The van der Waals surface area contributed by atoms with E-state index >= 15 is 0 Å². The summed E-state index contributed by atoms with van der Waals surface area (Å²) in [6.45, 7) is 4.45. The Morgan fingerprint density at radius 2 is 1.64 bits per heavy atom. The molecule has 11 heavy (non-hydrogen) atoms. The second-order valence-corrected chi connectivity index (χ2v) is 7.66. The van der Waals surface area contributed by atoms with Crippen LogP contribution in [0.25, 0.3) is 0 Å². The average Bonchev–Trinajstić information content (AvgIpc) is 1.85. The lowest BCUT2D eigenvalue weighted by Crippen LogP contribution is -2.48. The van der Waals surface area contributed by atoms with Gasteiger partial charge in [0.05, 0.1) is 0 Å². The first-order chi connectivity index (χ1) is 5.13. The minimum atomic E-state index is -1.59. The maximum absolute atomic E-state index is 5.98. The summed E-state index contributed by atoms with van der Waals surface area (Å²) in [7, 11) is -1.59. The Hall–Kier alpha value is 0.757. The Morgan fingerprint density at radius 1 is 1.18 bits per heavy atom. The van der Waals surface area contributed by atoms with Crippen LogP contribution < -0.4 is 0 Å². The van der Waals surface area contributed by atoms with Gasteiger partial charge < -0.3 is 0 Å². The summed E-state index contributed by atoms with van der Waals surface area (Å²) in [6, 6.07) is 1.20. The van der Waals surface area contributed by atoms with Crippen molar-refractivity contribution in [3.05, 3.63) is 0 Å². The molecule has 4 heteroatoms. The van der Waals surface area contributed by atoms with Crippen LogP contribution in [0.15, 0.2) is 0 Å². The number of rotatable bonds is 1. The molecule has 0 aromatic rings. The maximum Gasteiger partial charge on any atom is 0.309 e. The van der Waals surface area contributed by atoms with Gasteiger partial charge in [0.15, 0.2) is 0 Å². The van der Waals surface area contributed by atoms with E-state index in [4.69, 9.17) is 22.2 Å². The van der Waals surface area contributed by atoms with E-state index in [2.05, 4.69) is 18.4 Å². The van der Waals surface area contributed by atoms with Gasteiger partial charge in [0, 0.05) is 12.1 Å². The molecule has 1 aliphatic heterocycles. The Bertz CT molecular complexity index is 122. The van der Waals surface area contributed by atoms with Crippen molar-refractivity contribution in [2.24, 2.45) is 0 Å². The third kappa shape index (κ3) is 2.34. The predicted octanol–water partition coefficient (Wildman–Crippen LogP) is 2.44. The Labute approximate surface area is 79.8 Å². The van der Waals surface area contributed by atoms with Crippen LogP contribution in [0.2, 0.25) is 0 Å². The highest BCUT2D eigenvalue weighted by atomic mass is 35.7. The molecule has 1 heterocycles. The molecule has 0 aromatic carbocycles. The van der Waals surface area contributed by atoms with Crippen molar-refractivity contribution in [1.29, 1.82) is 0 Å². The average molecular weight is 212 g/mol. The minimum absolute atomic E-state index is 0.602. The third-order valence-corrected chi connectivity index (χ3v) is 5.31. The predicted molar refractivity (Wildman–Crippen MR) is 53.5 cm³/mol. The molecular weight excluding hydrogens is 197 g/mol. The van der Waals surface area contributed by atoms with E-state index < -0.39 is 7.58 Å². The lowest BCUT2D eigenvalue weighted by Gasteiger charge is -2.39. The lowest BCUT2D eigenvalue weighted by atomic mass is 10.0. The van der Waals surface area contributed by atoms with E-state index in [9.17, 15) is 0 Å². The molecule has 0 amide bonds. The molecule has 1 aliphatic rings. The number of piperidine rings is 1. The zero-order chi connectivity index (χ0) is 8.43. The van der Waals surface area contributed by atoms with Crippen molar-refractivity contribution < 1.29 is 0 Å². The molecule has 1 nitrogen and oxygen atoms in total. The highest BCUT2D eigenvalue weighted by molar-refractivity contribution is 7.32. The number of halogens is 2. The molecule has 0 aliphatic carbocycles. The van der Waals surface area contributed by atoms with Gasteiger partial charge in [-0.05, 0) is 12.8 Å². The van der Waals surface area contributed by atoms with E-state index in [0.717, 1.165) is 0 Å². The van der Waals surface area contributed by atoms with Crippen LogP contribution >= 0.6 is 22.2 Å². The van der Waals surface area contributed by atoms with Gasteiger partial charge >= 0.3 is 7.58 Å². The van der Waals surface area contributed by atoms with Crippen LogP contribution in [-0.4, -0.2) is 24.2 Å². The van der Waals surface area contributed by atoms with Crippen LogP contribution in [-0.2, 0) is 0 Å². The van der Waals surface area contributed by atoms with Crippen LogP contribution in [0.1, 0.15) is 33.1 Å². The van der Waals surface area contributed by atoms with Crippen LogP contribution in [0, 0.1) is 0 Å². The monoisotopic (exact) mass is 211 g/mol. The highest BCUT2D eigenvalue weighted by Gasteiger charge is 2.29. The SMILES string of the molecule is C[C@H]1CCC[C@H](C)N1[SiH](Cl)Cl. The fourth-order valence-corrected chi connectivity index (χ4v) is 5.20. The molecule has 1 saturated heterocycles. The maximum atomic E-state index is 5.98. The van der Waals surface area contributed by atoms with Gasteiger partial charge in [-0.2, -0.15) is 0 Å². The van der Waals surface area contributed by atoms with Crippen molar-refractivity contribution in [1.82, 2.24) is 4.57 Å². The summed E-state index contributed by atoms with van der Waals surface area (Å²) in [4.78, 5) is 0. The summed E-state index contributed by atoms with van der Waals surface area (Å²) in [5.41, 5.74) is 0. The third-order valence-electron chi connectivity index (χ3n) is 2.49. The summed E-state index contributed by atoms with van der Waals surface area (Å²) in [5.74, 6) is 0. The number of nitrogens with zero attached hydrogens (tertiary/aromatic N) is 1. The summed E-state index contributed by atoms with van der Waals surface area (Å²) in [5, 5.41) is 0. The molecule has 2 atom stereocenters. The molecule has 0 bridgehead atoms. The first kappa shape index (κ1) is 9.84. The smallest absolute Gasteiger partial charge is 0.297 e. The van der Waals surface area contributed by atoms with E-state index in [1.165, 1.54) is 19.3 Å². The lowest BCUT2D eigenvalue weighted by molar-refractivity contribution is 0.207. The highest BCUT2D eigenvalue weighted by Crippen LogP contribution is 2.25. The van der Waals surface area contributed by atoms with E-state index in [1.54, 1.807) is 0 Å². The Balaban J connectivity index is 2.55. The van der Waals surface area contributed by atoms with E-state index in [1.807, 2.05) is 0 Å². The molecule has 0 radical (unpaired) electrons. The standard InChI is InChI=1S/C7H15Cl2NSi/c1-6-4-3-5-7(2)10(6)11(8)9/h6-7,11H,3-5H2,1-2H3/t6-,7-/m0/s1. The minimum Gasteiger partial charge on any atom is -0.297 e. The first-order valence-corrected chi connectivity index (χ1v) is 8.19. The molecule has 0 aromatic heterocycles. The van der Waals surface area contributed by atoms with Gasteiger partial charge in [-0.15, -0.1) is 22.2 Å². The zero-order valence-electron chi connectivity index (χ0n) is 7.06. The normalized spacial score (nSPS) is 34.6. The van der Waals surface area contributed by atoms with Gasteiger partial charge in [-0.25, -0.2) is 0 Å². The molecule has 0 saturated carbocycles. The topological polar surface area (TPSA) is 3.24 Å². The van der Waals surface area contributed by atoms with Gasteiger partial charge in [-0.3, -0.25) is 4.57 Å². The van der Waals surface area contributed by atoms with Crippen molar-refractivity contribution >= 4 is 29.7 Å². The molecule has 0 N–H and O–H groups in total. The van der Waals surface area contributed by atoms with Crippen LogP contribution in [0.3, 0.4) is 0 Å². The van der Waals surface area contributed by atoms with Crippen molar-refractivity contribution in [3.8, 4) is 0 Å². The van der Waals surface area contributed by atoms with E-state index in [-0.39, 0.29) is 0 Å². The van der Waals surface area contributed by atoms with Crippen LogP contribution in [0.5, 0.6) is 0 Å². The van der Waals surface area contributed by atoms with Crippen molar-refractivity contribution in [3.63, 3.8) is 0 Å². The molecular formula is C7H15Cl2NSi. The largest absolute Gasteiger partial charge is 0.309 e. The summed E-state index contributed by atoms with van der Waals surface area (Å²) in [6.07, 6.45) is 3.84. The van der Waals surface area contributed by atoms with Crippen molar-refractivity contribution in [2.45, 2.75) is 45.2 Å². The number of hydrogen-bond donors (Lipinski definition) is 0. The zero-order valence-corrected chi connectivity index (χ0v) is 9.72. The summed E-state index contributed by atoms with van der Waals surface area (Å²) < 4.78 is 2.31. The first-order valence-electron chi connectivity index (χ1n) is 4.18. The molecule has 1 rings (SSSR count). The fourth-order valence-electron chi connectivity index (χ4n) is 1.83. The fraction of sp³-hybridized carbons (Fsp3) is 1.00. The molecule has 66 valence electrons. The van der Waals surface area contributed by atoms with E-state index in [0.29, 0.717) is 12.1 Å². The van der Waals surface area contributed by atoms with Crippen LogP contribution in [0.4, 0.5) is 0 Å². The summed E-state index contributed by atoms with van der Waals surface area (Å²) >= 11 is 12.0.